The predicted molar refractivity (Wildman–Crippen MR) is 72.7 cm³/mol. The van der Waals surface area contributed by atoms with Crippen LogP contribution in [0.2, 0.25) is 5.02 Å². The van der Waals surface area contributed by atoms with Crippen molar-refractivity contribution in [1.29, 1.82) is 0 Å². The summed E-state index contributed by atoms with van der Waals surface area (Å²) >= 11 is 10.2. The van der Waals surface area contributed by atoms with Gasteiger partial charge in [0.2, 0.25) is 5.91 Å². The SMILES string of the molecule is O=C(O)CSCC(=O)Nc1cccc(Cl)c1Br. The van der Waals surface area contributed by atoms with Crippen molar-refractivity contribution in [1.82, 2.24) is 0 Å². The largest absolute Gasteiger partial charge is 0.481 e. The summed E-state index contributed by atoms with van der Waals surface area (Å²) in [5, 5.41) is 11.6. The minimum Gasteiger partial charge on any atom is -0.481 e. The number of benzene rings is 1. The second-order valence-corrected chi connectivity index (χ2v) is 5.22. The first-order chi connectivity index (χ1) is 8.00. The molecule has 2 N–H and O–H groups in total. The molecular weight excluding hydrogens is 330 g/mol. The number of halogens is 2. The van der Waals surface area contributed by atoms with Gasteiger partial charge in [0.25, 0.3) is 0 Å². The standard InChI is InChI=1S/C10H9BrClNO3S/c11-10-6(12)2-1-3-7(10)13-8(14)4-17-5-9(15)16/h1-3H,4-5H2,(H,13,14)(H,15,16). The van der Waals surface area contributed by atoms with Crippen molar-refractivity contribution in [3.05, 3.63) is 27.7 Å². The molecule has 0 atom stereocenters. The number of carboxylic acid groups (broad SMARTS) is 1. The van der Waals surface area contributed by atoms with Gasteiger partial charge < -0.3 is 10.4 Å². The van der Waals surface area contributed by atoms with E-state index in [1.165, 1.54) is 0 Å². The number of anilines is 1. The fourth-order valence-electron chi connectivity index (χ4n) is 1.02. The number of thioether (sulfide) groups is 1. The van der Waals surface area contributed by atoms with Gasteiger partial charge in [-0.15, -0.1) is 11.8 Å². The van der Waals surface area contributed by atoms with Crippen molar-refractivity contribution in [3.63, 3.8) is 0 Å². The minimum atomic E-state index is -0.938. The van der Waals surface area contributed by atoms with Gasteiger partial charge in [0.05, 0.1) is 26.7 Å². The molecule has 7 heteroatoms. The van der Waals surface area contributed by atoms with E-state index >= 15 is 0 Å². The van der Waals surface area contributed by atoms with E-state index in [4.69, 9.17) is 16.7 Å². The molecular formula is C10H9BrClNO3S. The summed E-state index contributed by atoms with van der Waals surface area (Å²) < 4.78 is 0.609. The van der Waals surface area contributed by atoms with E-state index < -0.39 is 5.97 Å². The maximum Gasteiger partial charge on any atom is 0.313 e. The summed E-state index contributed by atoms with van der Waals surface area (Å²) in [7, 11) is 0. The van der Waals surface area contributed by atoms with Crippen molar-refractivity contribution < 1.29 is 14.7 Å². The number of carbonyl (C=O) groups excluding carboxylic acids is 1. The van der Waals surface area contributed by atoms with Crippen LogP contribution in [-0.4, -0.2) is 28.5 Å². The number of nitrogens with one attached hydrogen (secondary N) is 1. The number of carbonyl (C=O) groups is 2. The Kier molecular flexibility index (Phi) is 5.80. The van der Waals surface area contributed by atoms with Crippen LogP contribution in [0.25, 0.3) is 0 Å². The molecule has 0 heterocycles. The highest BCUT2D eigenvalue weighted by atomic mass is 79.9. The average molecular weight is 339 g/mol. The van der Waals surface area contributed by atoms with E-state index in [9.17, 15) is 9.59 Å². The molecule has 0 fully saturated rings. The maximum atomic E-state index is 11.5. The third-order valence-electron chi connectivity index (χ3n) is 1.68. The van der Waals surface area contributed by atoms with E-state index in [2.05, 4.69) is 21.2 Å². The lowest BCUT2D eigenvalue weighted by atomic mass is 10.3. The van der Waals surface area contributed by atoms with E-state index in [-0.39, 0.29) is 17.4 Å². The summed E-state index contributed by atoms with van der Waals surface area (Å²) in [6, 6.07) is 5.11. The van der Waals surface area contributed by atoms with Crippen molar-refractivity contribution in [2.24, 2.45) is 0 Å². The molecule has 17 heavy (non-hydrogen) atoms. The average Bonchev–Trinajstić information content (AvgIpc) is 2.24. The van der Waals surface area contributed by atoms with Crippen LogP contribution in [0.4, 0.5) is 5.69 Å². The molecule has 1 rings (SSSR count). The molecule has 1 aromatic rings. The number of hydrogen-bond donors (Lipinski definition) is 2. The molecule has 1 aromatic carbocycles. The van der Waals surface area contributed by atoms with Crippen molar-refractivity contribution in [2.45, 2.75) is 0 Å². The fourth-order valence-corrected chi connectivity index (χ4v) is 2.09. The minimum absolute atomic E-state index is 0.0885. The van der Waals surface area contributed by atoms with Crippen LogP contribution in [0.5, 0.6) is 0 Å². The zero-order chi connectivity index (χ0) is 12.8. The fraction of sp³-hybridized carbons (Fsp3) is 0.200. The summed E-state index contributed by atoms with van der Waals surface area (Å²) in [6.07, 6.45) is 0. The molecule has 0 saturated carbocycles. The van der Waals surface area contributed by atoms with Crippen molar-refractivity contribution in [3.8, 4) is 0 Å². The van der Waals surface area contributed by atoms with Crippen LogP contribution in [0.3, 0.4) is 0 Å². The second-order valence-electron chi connectivity index (χ2n) is 3.04. The normalized spacial score (nSPS) is 10.0. The first kappa shape index (κ1) is 14.3. The van der Waals surface area contributed by atoms with Gasteiger partial charge in [-0.1, -0.05) is 17.7 Å². The van der Waals surface area contributed by atoms with Gasteiger partial charge in [-0.2, -0.15) is 0 Å². The van der Waals surface area contributed by atoms with E-state index in [1.807, 2.05) is 0 Å². The van der Waals surface area contributed by atoms with Gasteiger partial charge in [0.1, 0.15) is 0 Å². The molecule has 0 saturated heterocycles. The predicted octanol–water partition coefficient (Wildman–Crippen LogP) is 2.86. The monoisotopic (exact) mass is 337 g/mol. The Hall–Kier alpha value is -0.720. The first-order valence-electron chi connectivity index (χ1n) is 4.54. The summed E-state index contributed by atoms with van der Waals surface area (Å²) in [4.78, 5) is 21.7. The number of carboxylic acids is 1. The molecule has 0 spiro atoms. The Morgan fingerprint density at radius 3 is 2.76 bits per heavy atom. The smallest absolute Gasteiger partial charge is 0.313 e. The molecule has 4 nitrogen and oxygen atoms in total. The highest BCUT2D eigenvalue weighted by Gasteiger charge is 2.08. The van der Waals surface area contributed by atoms with Gasteiger partial charge in [0, 0.05) is 0 Å². The Bertz CT molecular complexity index is 442. The zero-order valence-electron chi connectivity index (χ0n) is 8.57. The molecule has 0 bridgehead atoms. The van der Waals surface area contributed by atoms with E-state index in [1.54, 1.807) is 18.2 Å². The quantitative estimate of drug-likeness (QED) is 0.866. The van der Waals surface area contributed by atoms with Crippen LogP contribution in [0.1, 0.15) is 0 Å². The lowest BCUT2D eigenvalue weighted by molar-refractivity contribution is -0.133. The van der Waals surface area contributed by atoms with Gasteiger partial charge in [-0.3, -0.25) is 9.59 Å². The van der Waals surface area contributed by atoms with Crippen LogP contribution in [0, 0.1) is 0 Å². The van der Waals surface area contributed by atoms with Gasteiger partial charge in [0.15, 0.2) is 0 Å². The Morgan fingerprint density at radius 2 is 2.12 bits per heavy atom. The van der Waals surface area contributed by atoms with E-state index in [0.717, 1.165) is 11.8 Å². The second kappa shape index (κ2) is 6.88. The third kappa shape index (κ3) is 4.97. The highest BCUT2D eigenvalue weighted by Crippen LogP contribution is 2.29. The van der Waals surface area contributed by atoms with E-state index in [0.29, 0.717) is 15.2 Å². The molecule has 0 unspecified atom stereocenters. The molecule has 0 aliphatic rings. The molecule has 0 aromatic heterocycles. The molecule has 0 aliphatic carbocycles. The molecule has 92 valence electrons. The van der Waals surface area contributed by atoms with Crippen LogP contribution in [-0.2, 0) is 9.59 Å². The Labute approximate surface area is 116 Å². The van der Waals surface area contributed by atoms with Crippen molar-refractivity contribution in [2.75, 3.05) is 16.8 Å². The molecule has 0 radical (unpaired) electrons. The highest BCUT2D eigenvalue weighted by molar-refractivity contribution is 9.10. The molecule has 0 aliphatic heterocycles. The zero-order valence-corrected chi connectivity index (χ0v) is 11.7. The van der Waals surface area contributed by atoms with Crippen molar-refractivity contribution >= 4 is 56.9 Å². The number of aliphatic carboxylic acids is 1. The first-order valence-corrected chi connectivity index (χ1v) is 6.86. The lowest BCUT2D eigenvalue weighted by Crippen LogP contribution is -2.15. The summed E-state index contributed by atoms with van der Waals surface area (Å²) in [6.45, 7) is 0. The van der Waals surface area contributed by atoms with Crippen LogP contribution in [0.15, 0.2) is 22.7 Å². The Balaban J connectivity index is 2.51. The molecule has 1 amide bonds. The van der Waals surface area contributed by atoms with Crippen LogP contribution < -0.4 is 5.32 Å². The van der Waals surface area contributed by atoms with Crippen LogP contribution >= 0.6 is 39.3 Å². The van der Waals surface area contributed by atoms with Gasteiger partial charge in [-0.05, 0) is 28.1 Å². The lowest BCUT2D eigenvalue weighted by Gasteiger charge is -2.07. The summed E-state index contributed by atoms with van der Waals surface area (Å²) in [5.41, 5.74) is 0.568. The van der Waals surface area contributed by atoms with Gasteiger partial charge in [-0.25, -0.2) is 0 Å². The number of amides is 1. The number of rotatable bonds is 5. The van der Waals surface area contributed by atoms with Gasteiger partial charge >= 0.3 is 5.97 Å². The topological polar surface area (TPSA) is 66.4 Å². The number of hydrogen-bond acceptors (Lipinski definition) is 3. The maximum absolute atomic E-state index is 11.5. The third-order valence-corrected chi connectivity index (χ3v) is 4.00. The summed E-state index contributed by atoms with van der Waals surface area (Å²) in [5.74, 6) is -1.21. The Morgan fingerprint density at radius 1 is 1.41 bits per heavy atom.